The van der Waals surface area contributed by atoms with Gasteiger partial charge in [-0.3, -0.25) is 4.79 Å². The van der Waals surface area contributed by atoms with E-state index in [1.54, 1.807) is 16.4 Å². The number of rotatable bonds is 6. The second-order valence-corrected chi connectivity index (χ2v) is 9.86. The monoisotopic (exact) mass is 407 g/mol. The van der Waals surface area contributed by atoms with E-state index in [2.05, 4.69) is 10.6 Å². The summed E-state index contributed by atoms with van der Waals surface area (Å²) in [6.45, 7) is 3.92. The standard InChI is InChI=1S/C16H25N3O3S2.ClH/c20-15(18-12-13-4-3-7-17-11-13)10-14-5-6-16(23-14)24(21,22)19-8-1-2-9-19;/h5-6,13,17H,1-4,7-12H2,(H,18,20);1H. The summed E-state index contributed by atoms with van der Waals surface area (Å²) in [6.07, 6.45) is 4.40. The lowest BCUT2D eigenvalue weighted by Crippen LogP contribution is -2.38. The number of thiophene rings is 1. The Morgan fingerprint density at radius 3 is 2.72 bits per heavy atom. The lowest BCUT2D eigenvalue weighted by atomic mass is 10.00. The smallest absolute Gasteiger partial charge is 0.252 e. The van der Waals surface area contributed by atoms with Crippen LogP contribution in [0.15, 0.2) is 16.3 Å². The van der Waals surface area contributed by atoms with Gasteiger partial charge in [-0.25, -0.2) is 8.42 Å². The second kappa shape index (κ2) is 9.32. The van der Waals surface area contributed by atoms with Crippen molar-refractivity contribution in [1.29, 1.82) is 0 Å². The van der Waals surface area contributed by atoms with Crippen LogP contribution in [0, 0.1) is 5.92 Å². The zero-order valence-corrected chi connectivity index (χ0v) is 16.6. The first-order valence-corrected chi connectivity index (χ1v) is 10.9. The summed E-state index contributed by atoms with van der Waals surface area (Å²) in [4.78, 5) is 12.9. The fourth-order valence-corrected chi connectivity index (χ4v) is 6.25. The van der Waals surface area contributed by atoms with Crippen molar-refractivity contribution in [2.24, 2.45) is 5.92 Å². The van der Waals surface area contributed by atoms with E-state index in [9.17, 15) is 13.2 Å². The van der Waals surface area contributed by atoms with Gasteiger partial charge in [0.25, 0.3) is 10.0 Å². The van der Waals surface area contributed by atoms with Crippen molar-refractivity contribution in [2.45, 2.75) is 36.3 Å². The van der Waals surface area contributed by atoms with E-state index in [1.807, 2.05) is 0 Å². The minimum Gasteiger partial charge on any atom is -0.355 e. The van der Waals surface area contributed by atoms with Crippen LogP contribution in [-0.4, -0.2) is 51.4 Å². The first kappa shape index (κ1) is 20.6. The Balaban J connectivity index is 0.00000225. The number of sulfonamides is 1. The highest BCUT2D eigenvalue weighted by Gasteiger charge is 2.28. The van der Waals surface area contributed by atoms with Crippen molar-refractivity contribution in [2.75, 3.05) is 32.7 Å². The molecule has 0 saturated carbocycles. The molecule has 6 nitrogen and oxygen atoms in total. The summed E-state index contributed by atoms with van der Waals surface area (Å²) in [5.41, 5.74) is 0. The summed E-state index contributed by atoms with van der Waals surface area (Å²) >= 11 is 1.21. The van der Waals surface area contributed by atoms with E-state index in [1.165, 1.54) is 11.3 Å². The van der Waals surface area contributed by atoms with Crippen LogP contribution in [0.4, 0.5) is 0 Å². The van der Waals surface area contributed by atoms with Gasteiger partial charge in [-0.15, -0.1) is 23.7 Å². The van der Waals surface area contributed by atoms with Gasteiger partial charge >= 0.3 is 0 Å². The quantitative estimate of drug-likeness (QED) is 0.750. The van der Waals surface area contributed by atoms with Gasteiger partial charge in [-0.2, -0.15) is 4.31 Å². The summed E-state index contributed by atoms with van der Waals surface area (Å²) < 4.78 is 26.9. The molecule has 0 bridgehead atoms. The third-order valence-electron chi connectivity index (χ3n) is 4.62. The van der Waals surface area contributed by atoms with Crippen LogP contribution >= 0.6 is 23.7 Å². The summed E-state index contributed by atoms with van der Waals surface area (Å²) in [5.74, 6) is 0.463. The lowest BCUT2D eigenvalue weighted by molar-refractivity contribution is -0.120. The van der Waals surface area contributed by atoms with E-state index in [0.717, 1.165) is 43.6 Å². The van der Waals surface area contributed by atoms with Crippen LogP contribution in [0.25, 0.3) is 0 Å². The molecule has 1 atom stereocenters. The van der Waals surface area contributed by atoms with Crippen LogP contribution < -0.4 is 10.6 Å². The SMILES string of the molecule is Cl.O=C(Cc1ccc(S(=O)(=O)N2CCCC2)s1)NCC1CCCNC1. The van der Waals surface area contributed by atoms with E-state index in [4.69, 9.17) is 0 Å². The van der Waals surface area contributed by atoms with Crippen LogP contribution in [0.3, 0.4) is 0 Å². The number of carbonyl (C=O) groups excluding carboxylic acids is 1. The van der Waals surface area contributed by atoms with Crippen molar-refractivity contribution in [1.82, 2.24) is 14.9 Å². The molecular weight excluding hydrogens is 382 g/mol. The molecule has 9 heteroatoms. The predicted molar refractivity (Wildman–Crippen MR) is 102 cm³/mol. The summed E-state index contributed by atoms with van der Waals surface area (Å²) in [6, 6.07) is 3.39. The fraction of sp³-hybridized carbons (Fsp3) is 0.688. The molecule has 2 aliphatic heterocycles. The van der Waals surface area contributed by atoms with Crippen molar-refractivity contribution in [3.63, 3.8) is 0 Å². The molecule has 3 rings (SSSR count). The molecule has 3 heterocycles. The molecule has 1 unspecified atom stereocenters. The van der Waals surface area contributed by atoms with Gasteiger partial charge in [0.1, 0.15) is 4.21 Å². The Labute approximate surface area is 159 Å². The maximum atomic E-state index is 12.5. The molecule has 0 aromatic carbocycles. The van der Waals surface area contributed by atoms with Crippen LogP contribution in [0.1, 0.15) is 30.6 Å². The molecule has 1 aromatic heterocycles. The molecule has 1 amide bonds. The Kier molecular flexibility index (Phi) is 7.69. The van der Waals surface area contributed by atoms with Crippen molar-refractivity contribution >= 4 is 39.7 Å². The second-order valence-electron chi connectivity index (χ2n) is 6.53. The number of hydrogen-bond acceptors (Lipinski definition) is 5. The van der Waals surface area contributed by atoms with E-state index < -0.39 is 10.0 Å². The van der Waals surface area contributed by atoms with E-state index >= 15 is 0 Å². The number of nitrogens with one attached hydrogen (secondary N) is 2. The average molecular weight is 408 g/mol. The van der Waals surface area contributed by atoms with Gasteiger partial charge in [0.2, 0.25) is 5.91 Å². The molecule has 2 N–H and O–H groups in total. The first-order valence-electron chi connectivity index (χ1n) is 8.62. The number of hydrogen-bond donors (Lipinski definition) is 2. The van der Waals surface area contributed by atoms with Gasteiger partial charge in [0.05, 0.1) is 6.42 Å². The lowest BCUT2D eigenvalue weighted by Gasteiger charge is -2.22. The molecule has 2 fully saturated rings. The average Bonchev–Trinajstić information content (AvgIpc) is 3.26. The molecule has 25 heavy (non-hydrogen) atoms. The molecule has 0 radical (unpaired) electrons. The highest BCUT2D eigenvalue weighted by atomic mass is 35.5. The predicted octanol–water partition coefficient (Wildman–Crippen LogP) is 1.61. The van der Waals surface area contributed by atoms with Crippen LogP contribution in [-0.2, 0) is 21.2 Å². The Morgan fingerprint density at radius 1 is 1.28 bits per heavy atom. The highest BCUT2D eigenvalue weighted by Crippen LogP contribution is 2.27. The molecule has 2 aliphatic rings. The Bertz CT molecular complexity index is 666. The topological polar surface area (TPSA) is 78.5 Å². The molecule has 0 spiro atoms. The van der Waals surface area contributed by atoms with E-state index in [-0.39, 0.29) is 24.7 Å². The van der Waals surface area contributed by atoms with Gasteiger partial charge < -0.3 is 10.6 Å². The van der Waals surface area contributed by atoms with Crippen LogP contribution in [0.5, 0.6) is 0 Å². The zero-order valence-electron chi connectivity index (χ0n) is 14.2. The van der Waals surface area contributed by atoms with Gasteiger partial charge in [-0.05, 0) is 56.8 Å². The third kappa shape index (κ3) is 5.40. The molecule has 1 aromatic rings. The van der Waals surface area contributed by atoms with Crippen molar-refractivity contribution in [3.05, 3.63) is 17.0 Å². The Hall–Kier alpha value is -0.670. The van der Waals surface area contributed by atoms with Crippen molar-refractivity contribution in [3.8, 4) is 0 Å². The maximum Gasteiger partial charge on any atom is 0.252 e. The van der Waals surface area contributed by atoms with Gasteiger partial charge in [0, 0.05) is 24.5 Å². The van der Waals surface area contributed by atoms with Gasteiger partial charge in [-0.1, -0.05) is 0 Å². The fourth-order valence-electron chi connectivity index (χ4n) is 3.22. The molecule has 2 saturated heterocycles. The number of carbonyl (C=O) groups is 1. The number of nitrogens with zero attached hydrogens (tertiary/aromatic N) is 1. The molecular formula is C16H26ClN3O3S2. The minimum absolute atomic E-state index is 0. The maximum absolute atomic E-state index is 12.5. The Morgan fingerprint density at radius 2 is 2.04 bits per heavy atom. The number of piperidine rings is 1. The van der Waals surface area contributed by atoms with Gasteiger partial charge in [0.15, 0.2) is 0 Å². The molecule has 142 valence electrons. The highest BCUT2D eigenvalue weighted by molar-refractivity contribution is 7.91. The summed E-state index contributed by atoms with van der Waals surface area (Å²) in [7, 11) is -3.37. The number of amides is 1. The van der Waals surface area contributed by atoms with Crippen LogP contribution in [0.2, 0.25) is 0 Å². The minimum atomic E-state index is -3.37. The third-order valence-corrected chi connectivity index (χ3v) is 8.07. The van der Waals surface area contributed by atoms with Crippen molar-refractivity contribution < 1.29 is 13.2 Å². The van der Waals surface area contributed by atoms with E-state index in [0.29, 0.717) is 29.8 Å². The largest absolute Gasteiger partial charge is 0.355 e. The molecule has 0 aliphatic carbocycles. The number of halogens is 1. The first-order chi connectivity index (χ1) is 11.6. The summed E-state index contributed by atoms with van der Waals surface area (Å²) in [5, 5.41) is 6.31. The normalized spacial score (nSPS) is 21.7. The zero-order chi connectivity index (χ0) is 17.0.